The zero-order valence-electron chi connectivity index (χ0n) is 13.2. The van der Waals surface area contributed by atoms with E-state index in [1.807, 2.05) is 18.2 Å². The third-order valence-electron chi connectivity index (χ3n) is 4.51. The number of carboxylic acid groups (broad SMARTS) is 1. The van der Waals surface area contributed by atoms with Crippen molar-refractivity contribution in [2.75, 3.05) is 0 Å². The van der Waals surface area contributed by atoms with Crippen LogP contribution in [-0.2, 0) is 6.42 Å². The van der Waals surface area contributed by atoms with Crippen LogP contribution < -0.4 is 0 Å². The molecule has 1 aliphatic carbocycles. The summed E-state index contributed by atoms with van der Waals surface area (Å²) in [4.78, 5) is 26.2. The minimum atomic E-state index is -1.12. The standard InChI is InChI=1S/C19H14N2O4/c22-19(23)17-10-15(18(25-17)11-5-7-20-8-6-11)13-1-3-14-12(9-13)2-4-16(14)21-24/h1,3,5-10,16H,2,4H2,(H,22,23). The number of aromatic carboxylic acids is 1. The first-order valence-corrected chi connectivity index (χ1v) is 7.90. The topological polar surface area (TPSA) is 92.8 Å². The molecule has 0 aliphatic heterocycles. The number of hydrogen-bond donors (Lipinski definition) is 1. The first-order chi connectivity index (χ1) is 12.2. The van der Waals surface area contributed by atoms with Gasteiger partial charge in [0.2, 0.25) is 5.76 Å². The van der Waals surface area contributed by atoms with E-state index < -0.39 is 5.97 Å². The summed E-state index contributed by atoms with van der Waals surface area (Å²) in [6, 6.07) is 10.5. The van der Waals surface area contributed by atoms with Gasteiger partial charge in [0.25, 0.3) is 0 Å². The fourth-order valence-electron chi connectivity index (χ4n) is 3.30. The van der Waals surface area contributed by atoms with Crippen LogP contribution in [0, 0.1) is 4.91 Å². The fourth-order valence-corrected chi connectivity index (χ4v) is 3.30. The van der Waals surface area contributed by atoms with Crippen LogP contribution in [0.1, 0.15) is 34.1 Å². The van der Waals surface area contributed by atoms with E-state index in [2.05, 4.69) is 10.2 Å². The molecule has 124 valence electrons. The lowest BCUT2D eigenvalue weighted by Gasteiger charge is -2.07. The Morgan fingerprint density at radius 2 is 1.96 bits per heavy atom. The number of carboxylic acids is 1. The van der Waals surface area contributed by atoms with Gasteiger partial charge in [0, 0.05) is 23.5 Å². The maximum Gasteiger partial charge on any atom is 0.371 e. The molecule has 2 aromatic heterocycles. The Morgan fingerprint density at radius 3 is 2.68 bits per heavy atom. The van der Waals surface area contributed by atoms with Gasteiger partial charge in [-0.1, -0.05) is 23.4 Å². The van der Waals surface area contributed by atoms with E-state index in [0.29, 0.717) is 17.7 Å². The van der Waals surface area contributed by atoms with Gasteiger partial charge in [-0.05, 0) is 47.7 Å². The third-order valence-corrected chi connectivity index (χ3v) is 4.51. The second-order valence-electron chi connectivity index (χ2n) is 5.97. The Morgan fingerprint density at radius 1 is 1.16 bits per heavy atom. The predicted octanol–water partition coefficient (Wildman–Crippen LogP) is 4.46. The van der Waals surface area contributed by atoms with Gasteiger partial charge >= 0.3 is 5.97 Å². The number of carbonyl (C=O) groups is 1. The zero-order chi connectivity index (χ0) is 17.4. The first kappa shape index (κ1) is 15.3. The van der Waals surface area contributed by atoms with E-state index in [1.54, 1.807) is 24.5 Å². The lowest BCUT2D eigenvalue weighted by atomic mass is 9.98. The van der Waals surface area contributed by atoms with Crippen LogP contribution in [-0.4, -0.2) is 16.1 Å². The molecule has 3 aromatic rings. The maximum absolute atomic E-state index is 11.3. The van der Waals surface area contributed by atoms with Crippen molar-refractivity contribution in [1.82, 2.24) is 4.98 Å². The summed E-state index contributed by atoms with van der Waals surface area (Å²) >= 11 is 0. The molecule has 1 unspecified atom stereocenters. The number of furan rings is 1. The predicted molar refractivity (Wildman–Crippen MR) is 91.2 cm³/mol. The normalized spacial score (nSPS) is 15.8. The molecule has 1 N–H and O–H groups in total. The van der Waals surface area contributed by atoms with Gasteiger partial charge in [0.05, 0.1) is 0 Å². The van der Waals surface area contributed by atoms with Crippen LogP contribution >= 0.6 is 0 Å². The SMILES string of the molecule is O=NC1CCc2cc(-c3cc(C(=O)O)oc3-c3ccncc3)ccc21. The average molecular weight is 334 g/mol. The van der Waals surface area contributed by atoms with Crippen molar-refractivity contribution < 1.29 is 14.3 Å². The number of pyridine rings is 1. The van der Waals surface area contributed by atoms with Crippen LogP contribution in [0.4, 0.5) is 0 Å². The zero-order valence-corrected chi connectivity index (χ0v) is 13.2. The fraction of sp³-hybridized carbons (Fsp3) is 0.158. The minimum Gasteiger partial charge on any atom is -0.475 e. The third kappa shape index (κ3) is 2.61. The summed E-state index contributed by atoms with van der Waals surface area (Å²) in [7, 11) is 0. The number of nitroso groups, excluding NO2 is 1. The van der Waals surface area contributed by atoms with Crippen molar-refractivity contribution in [2.45, 2.75) is 18.9 Å². The molecule has 4 rings (SSSR count). The number of aromatic nitrogens is 1. The molecular weight excluding hydrogens is 320 g/mol. The molecule has 1 aliphatic rings. The molecule has 6 nitrogen and oxygen atoms in total. The number of rotatable bonds is 4. The van der Waals surface area contributed by atoms with Crippen molar-refractivity contribution in [3.63, 3.8) is 0 Å². The number of nitrogens with zero attached hydrogens (tertiary/aromatic N) is 2. The maximum atomic E-state index is 11.3. The number of benzene rings is 1. The molecule has 0 radical (unpaired) electrons. The Hall–Kier alpha value is -3.28. The highest BCUT2D eigenvalue weighted by molar-refractivity contribution is 5.90. The summed E-state index contributed by atoms with van der Waals surface area (Å²) in [6.07, 6.45) is 4.76. The summed E-state index contributed by atoms with van der Waals surface area (Å²) in [5.74, 6) is -0.745. The highest BCUT2D eigenvalue weighted by Crippen LogP contribution is 2.40. The molecule has 1 aromatic carbocycles. The van der Waals surface area contributed by atoms with Crippen LogP contribution in [0.3, 0.4) is 0 Å². The van der Waals surface area contributed by atoms with Gasteiger partial charge in [-0.3, -0.25) is 4.98 Å². The van der Waals surface area contributed by atoms with E-state index in [1.165, 1.54) is 6.07 Å². The lowest BCUT2D eigenvalue weighted by molar-refractivity contribution is 0.0663. The Kier molecular flexibility index (Phi) is 3.65. The second-order valence-corrected chi connectivity index (χ2v) is 5.97. The quantitative estimate of drug-likeness (QED) is 0.711. The Balaban J connectivity index is 1.85. The molecule has 0 saturated carbocycles. The smallest absolute Gasteiger partial charge is 0.371 e. The van der Waals surface area contributed by atoms with Crippen molar-refractivity contribution in [3.8, 4) is 22.5 Å². The molecule has 0 spiro atoms. The van der Waals surface area contributed by atoms with Gasteiger partial charge in [0.15, 0.2) is 0 Å². The van der Waals surface area contributed by atoms with Crippen LogP contribution in [0.25, 0.3) is 22.5 Å². The number of fused-ring (bicyclic) bond motifs is 1. The molecule has 0 fully saturated rings. The lowest BCUT2D eigenvalue weighted by Crippen LogP contribution is -1.91. The van der Waals surface area contributed by atoms with E-state index in [9.17, 15) is 14.8 Å². The van der Waals surface area contributed by atoms with Gasteiger partial charge in [-0.2, -0.15) is 4.91 Å². The van der Waals surface area contributed by atoms with E-state index in [0.717, 1.165) is 28.7 Å². The molecule has 1 atom stereocenters. The highest BCUT2D eigenvalue weighted by Gasteiger charge is 2.25. The molecule has 0 bridgehead atoms. The second kappa shape index (κ2) is 5.98. The molecule has 6 heteroatoms. The van der Waals surface area contributed by atoms with Crippen molar-refractivity contribution in [1.29, 1.82) is 0 Å². The summed E-state index contributed by atoms with van der Waals surface area (Å²) in [5, 5.41) is 12.5. The monoisotopic (exact) mass is 334 g/mol. The number of aryl methyl sites for hydroxylation is 1. The first-order valence-electron chi connectivity index (χ1n) is 7.90. The molecular formula is C19H14N2O4. The summed E-state index contributed by atoms with van der Waals surface area (Å²) < 4.78 is 5.58. The Bertz CT molecular complexity index is 963. The summed E-state index contributed by atoms with van der Waals surface area (Å²) in [5.41, 5.74) is 4.33. The van der Waals surface area contributed by atoms with Gasteiger partial charge in [-0.25, -0.2) is 4.79 Å². The summed E-state index contributed by atoms with van der Waals surface area (Å²) in [6.45, 7) is 0. The van der Waals surface area contributed by atoms with Crippen LogP contribution in [0.5, 0.6) is 0 Å². The van der Waals surface area contributed by atoms with Gasteiger partial charge < -0.3 is 9.52 Å². The largest absolute Gasteiger partial charge is 0.475 e. The average Bonchev–Trinajstić information content (AvgIpc) is 3.26. The Labute approximate surface area is 143 Å². The van der Waals surface area contributed by atoms with E-state index in [-0.39, 0.29) is 11.8 Å². The van der Waals surface area contributed by atoms with Crippen LogP contribution in [0.2, 0.25) is 0 Å². The van der Waals surface area contributed by atoms with Gasteiger partial charge in [-0.15, -0.1) is 0 Å². The van der Waals surface area contributed by atoms with E-state index >= 15 is 0 Å². The number of hydrogen-bond acceptors (Lipinski definition) is 5. The van der Waals surface area contributed by atoms with Crippen molar-refractivity contribution >= 4 is 5.97 Å². The molecule has 2 heterocycles. The molecule has 0 amide bonds. The van der Waals surface area contributed by atoms with Crippen molar-refractivity contribution in [3.05, 3.63) is 70.6 Å². The van der Waals surface area contributed by atoms with Gasteiger partial charge in [0.1, 0.15) is 11.8 Å². The van der Waals surface area contributed by atoms with Crippen molar-refractivity contribution in [2.24, 2.45) is 5.18 Å². The highest BCUT2D eigenvalue weighted by atomic mass is 16.4. The van der Waals surface area contributed by atoms with E-state index in [4.69, 9.17) is 4.42 Å². The molecule has 0 saturated heterocycles. The molecule has 25 heavy (non-hydrogen) atoms. The minimum absolute atomic E-state index is 0.116. The van der Waals surface area contributed by atoms with Crippen LogP contribution in [0.15, 0.2) is 58.4 Å².